The largest absolute Gasteiger partial charge is 0.508 e. The fourth-order valence-corrected chi connectivity index (χ4v) is 3.10. The van der Waals surface area contributed by atoms with Crippen LogP contribution in [0.5, 0.6) is 11.5 Å². The van der Waals surface area contributed by atoms with E-state index in [2.05, 4.69) is 6.07 Å². The lowest BCUT2D eigenvalue weighted by atomic mass is 10.0. The van der Waals surface area contributed by atoms with Crippen LogP contribution in [0.4, 0.5) is 0 Å². The Kier molecular flexibility index (Phi) is 5.58. The summed E-state index contributed by atoms with van der Waals surface area (Å²) in [6, 6.07) is 11.7. The van der Waals surface area contributed by atoms with Crippen LogP contribution < -0.4 is 11.2 Å². The summed E-state index contributed by atoms with van der Waals surface area (Å²) in [5, 5.41) is 19.6. The van der Waals surface area contributed by atoms with E-state index >= 15 is 0 Å². The van der Waals surface area contributed by atoms with Gasteiger partial charge in [0.1, 0.15) is 28.2 Å². The summed E-state index contributed by atoms with van der Waals surface area (Å²) >= 11 is 0. The van der Waals surface area contributed by atoms with Gasteiger partial charge in [-0.25, -0.2) is 0 Å². The van der Waals surface area contributed by atoms with Gasteiger partial charge in [0, 0.05) is 23.8 Å². The molecule has 3 aromatic rings. The summed E-state index contributed by atoms with van der Waals surface area (Å²) in [5.74, 6) is -0.0226. The standard InChI is InChI=1S/C21H23NO4/c22-9-4-2-1-3-6-14-7-5-8-15(10-14)19-13-18(25)21-17(24)11-16(23)12-20(21)26-19/h5,7-8,10-13,23-24H,1-4,6,9,22H2. The molecule has 0 radical (unpaired) electrons. The quantitative estimate of drug-likeness (QED) is 0.559. The Morgan fingerprint density at radius 2 is 1.77 bits per heavy atom. The Morgan fingerprint density at radius 1 is 0.962 bits per heavy atom. The number of benzene rings is 2. The summed E-state index contributed by atoms with van der Waals surface area (Å²) < 4.78 is 5.77. The van der Waals surface area contributed by atoms with Gasteiger partial charge in [-0.05, 0) is 37.4 Å². The van der Waals surface area contributed by atoms with E-state index in [-0.39, 0.29) is 27.9 Å². The first-order valence-corrected chi connectivity index (χ1v) is 8.87. The first kappa shape index (κ1) is 18.0. The highest BCUT2D eigenvalue weighted by Crippen LogP contribution is 2.30. The second kappa shape index (κ2) is 8.06. The van der Waals surface area contributed by atoms with E-state index in [0.29, 0.717) is 5.76 Å². The van der Waals surface area contributed by atoms with Crippen LogP contribution in [-0.2, 0) is 6.42 Å². The van der Waals surface area contributed by atoms with Crippen molar-refractivity contribution in [3.8, 4) is 22.8 Å². The van der Waals surface area contributed by atoms with Crippen molar-refractivity contribution in [2.24, 2.45) is 5.73 Å². The molecule has 0 aliphatic rings. The molecule has 0 amide bonds. The fourth-order valence-electron chi connectivity index (χ4n) is 3.10. The molecule has 4 N–H and O–H groups in total. The van der Waals surface area contributed by atoms with Crippen molar-refractivity contribution in [3.05, 3.63) is 58.3 Å². The molecule has 2 aromatic carbocycles. The Hall–Kier alpha value is -2.79. The predicted molar refractivity (Wildman–Crippen MR) is 102 cm³/mol. The van der Waals surface area contributed by atoms with Crippen molar-refractivity contribution >= 4 is 11.0 Å². The van der Waals surface area contributed by atoms with Crippen molar-refractivity contribution in [1.82, 2.24) is 0 Å². The molecule has 5 nitrogen and oxygen atoms in total. The molecular weight excluding hydrogens is 330 g/mol. The van der Waals surface area contributed by atoms with Crippen molar-refractivity contribution in [1.29, 1.82) is 0 Å². The smallest absolute Gasteiger partial charge is 0.197 e. The van der Waals surface area contributed by atoms with Crippen LogP contribution in [0.2, 0.25) is 0 Å². The number of unbranched alkanes of at least 4 members (excludes halogenated alkanes) is 3. The van der Waals surface area contributed by atoms with Crippen LogP contribution in [-0.4, -0.2) is 16.8 Å². The van der Waals surface area contributed by atoms with Crippen molar-refractivity contribution < 1.29 is 14.6 Å². The molecule has 3 rings (SSSR count). The van der Waals surface area contributed by atoms with Gasteiger partial charge in [0.05, 0.1) is 0 Å². The highest BCUT2D eigenvalue weighted by atomic mass is 16.3. The lowest BCUT2D eigenvalue weighted by Gasteiger charge is -2.07. The predicted octanol–water partition coefficient (Wildman–Crippen LogP) is 3.93. The van der Waals surface area contributed by atoms with Gasteiger partial charge in [0.25, 0.3) is 0 Å². The summed E-state index contributed by atoms with van der Waals surface area (Å²) in [7, 11) is 0. The number of nitrogens with two attached hydrogens (primary N) is 1. The average molecular weight is 353 g/mol. The number of hydrogen-bond donors (Lipinski definition) is 3. The molecule has 0 saturated carbocycles. The van der Waals surface area contributed by atoms with Gasteiger partial charge in [-0.3, -0.25) is 4.79 Å². The second-order valence-corrected chi connectivity index (χ2v) is 6.47. The molecule has 0 aliphatic heterocycles. The molecule has 1 heterocycles. The average Bonchev–Trinajstić information content (AvgIpc) is 2.61. The first-order chi connectivity index (χ1) is 12.6. The van der Waals surface area contributed by atoms with E-state index in [1.807, 2.05) is 18.2 Å². The normalized spacial score (nSPS) is 11.1. The molecule has 0 bridgehead atoms. The van der Waals surface area contributed by atoms with Crippen molar-refractivity contribution in [3.63, 3.8) is 0 Å². The maximum absolute atomic E-state index is 12.4. The molecule has 1 aromatic heterocycles. The third kappa shape index (κ3) is 4.06. The van der Waals surface area contributed by atoms with Crippen LogP contribution in [0.25, 0.3) is 22.3 Å². The zero-order valence-corrected chi connectivity index (χ0v) is 14.6. The number of aromatic hydroxyl groups is 2. The third-order valence-corrected chi connectivity index (χ3v) is 4.43. The number of rotatable bonds is 7. The SMILES string of the molecule is NCCCCCCc1cccc(-c2cc(=O)c3c(O)cc(O)cc3o2)c1. The topological polar surface area (TPSA) is 96.7 Å². The maximum atomic E-state index is 12.4. The van der Waals surface area contributed by atoms with Crippen LogP contribution in [0.3, 0.4) is 0 Å². The maximum Gasteiger partial charge on any atom is 0.197 e. The van der Waals surface area contributed by atoms with Crippen molar-refractivity contribution in [2.75, 3.05) is 6.54 Å². The summed E-state index contributed by atoms with van der Waals surface area (Å²) in [4.78, 5) is 12.4. The van der Waals surface area contributed by atoms with Gasteiger partial charge < -0.3 is 20.4 Å². The van der Waals surface area contributed by atoms with E-state index in [1.165, 1.54) is 17.7 Å². The van der Waals surface area contributed by atoms with E-state index in [9.17, 15) is 15.0 Å². The Balaban J connectivity index is 1.87. The van der Waals surface area contributed by atoms with Gasteiger partial charge in [0.2, 0.25) is 0 Å². The number of fused-ring (bicyclic) bond motifs is 1. The first-order valence-electron chi connectivity index (χ1n) is 8.87. The molecule has 0 saturated heterocycles. The highest BCUT2D eigenvalue weighted by molar-refractivity contribution is 5.86. The van der Waals surface area contributed by atoms with Gasteiger partial charge in [-0.2, -0.15) is 0 Å². The zero-order valence-electron chi connectivity index (χ0n) is 14.6. The lowest BCUT2D eigenvalue weighted by Crippen LogP contribution is -2.01. The van der Waals surface area contributed by atoms with Gasteiger partial charge in [-0.1, -0.05) is 31.0 Å². The van der Waals surface area contributed by atoms with E-state index in [0.717, 1.165) is 50.3 Å². The molecule has 0 fully saturated rings. The zero-order chi connectivity index (χ0) is 18.5. The summed E-state index contributed by atoms with van der Waals surface area (Å²) in [6.07, 6.45) is 5.39. The molecule has 26 heavy (non-hydrogen) atoms. The minimum atomic E-state index is -0.342. The number of phenolic OH excluding ortho intramolecular Hbond substituents is 2. The molecule has 0 aliphatic carbocycles. The second-order valence-electron chi connectivity index (χ2n) is 6.47. The van der Waals surface area contributed by atoms with Gasteiger partial charge in [-0.15, -0.1) is 0 Å². The van der Waals surface area contributed by atoms with Gasteiger partial charge >= 0.3 is 0 Å². The molecular formula is C21H23NO4. The Labute approximate surface area is 151 Å². The van der Waals surface area contributed by atoms with Crippen LogP contribution in [0.15, 0.2) is 51.7 Å². The third-order valence-electron chi connectivity index (χ3n) is 4.43. The molecule has 0 atom stereocenters. The highest BCUT2D eigenvalue weighted by Gasteiger charge is 2.12. The number of aryl methyl sites for hydroxylation is 1. The monoisotopic (exact) mass is 353 g/mol. The van der Waals surface area contributed by atoms with E-state index in [4.69, 9.17) is 10.2 Å². The minimum Gasteiger partial charge on any atom is -0.508 e. The summed E-state index contributed by atoms with van der Waals surface area (Å²) in [5.41, 5.74) is 7.31. The Morgan fingerprint density at radius 3 is 2.58 bits per heavy atom. The van der Waals surface area contributed by atoms with E-state index in [1.54, 1.807) is 0 Å². The molecule has 0 unspecified atom stereocenters. The van der Waals surface area contributed by atoms with Crippen molar-refractivity contribution in [2.45, 2.75) is 32.1 Å². The fraction of sp³-hybridized carbons (Fsp3) is 0.286. The molecule has 5 heteroatoms. The number of phenols is 2. The van der Waals surface area contributed by atoms with Crippen LogP contribution in [0, 0.1) is 0 Å². The molecule has 0 spiro atoms. The Bertz CT molecular complexity index is 962. The summed E-state index contributed by atoms with van der Waals surface area (Å²) in [6.45, 7) is 0.738. The van der Waals surface area contributed by atoms with E-state index < -0.39 is 0 Å². The van der Waals surface area contributed by atoms with Crippen LogP contribution in [0.1, 0.15) is 31.2 Å². The minimum absolute atomic E-state index is 0.0719. The lowest BCUT2D eigenvalue weighted by molar-refractivity contribution is 0.452. The van der Waals surface area contributed by atoms with Crippen LogP contribution >= 0.6 is 0 Å². The molecule has 136 valence electrons. The van der Waals surface area contributed by atoms with Gasteiger partial charge in [0.15, 0.2) is 5.43 Å². The number of hydrogen-bond acceptors (Lipinski definition) is 5.